The number of rotatable bonds is 5. The molecule has 2 aliphatic heterocycles. The lowest BCUT2D eigenvalue weighted by molar-refractivity contribution is 0.0964. The smallest absolute Gasteiger partial charge is 0.259 e. The van der Waals surface area contributed by atoms with Gasteiger partial charge in [0.25, 0.3) is 11.8 Å². The summed E-state index contributed by atoms with van der Waals surface area (Å²) >= 11 is 0. The van der Waals surface area contributed by atoms with Gasteiger partial charge in [-0.05, 0) is 49.2 Å². The SMILES string of the molecule is CCN1c2ncc(CCOc3cccc4c3CNC4=O)cc2C(=O)Nc2c(C)ccnc21. The number of nitrogens with zero attached hydrogens (tertiary/aromatic N) is 3. The number of nitrogens with one attached hydrogen (secondary N) is 2. The predicted molar refractivity (Wildman–Crippen MR) is 121 cm³/mol. The number of hydrogen-bond donors (Lipinski definition) is 2. The van der Waals surface area contributed by atoms with Gasteiger partial charge < -0.3 is 20.3 Å². The molecule has 0 unspecified atom stereocenters. The Labute approximate surface area is 185 Å². The molecular formula is C24H23N5O3. The minimum absolute atomic E-state index is 0.0717. The average Bonchev–Trinajstić information content (AvgIpc) is 3.13. The first kappa shape index (κ1) is 20.0. The molecule has 3 aromatic rings. The number of hydrogen-bond acceptors (Lipinski definition) is 6. The fraction of sp³-hybridized carbons (Fsp3) is 0.250. The highest BCUT2D eigenvalue weighted by Crippen LogP contribution is 2.36. The van der Waals surface area contributed by atoms with Crippen molar-refractivity contribution in [2.75, 3.05) is 23.4 Å². The number of fused-ring (bicyclic) bond motifs is 3. The molecule has 0 saturated heterocycles. The van der Waals surface area contributed by atoms with E-state index < -0.39 is 0 Å². The van der Waals surface area contributed by atoms with Crippen molar-refractivity contribution < 1.29 is 14.3 Å². The zero-order valence-electron chi connectivity index (χ0n) is 17.9. The number of amides is 2. The van der Waals surface area contributed by atoms with Crippen LogP contribution in [0, 0.1) is 6.92 Å². The predicted octanol–water partition coefficient (Wildman–Crippen LogP) is 3.37. The van der Waals surface area contributed by atoms with Crippen LogP contribution in [-0.4, -0.2) is 34.9 Å². The lowest BCUT2D eigenvalue weighted by atomic mass is 10.1. The average molecular weight is 429 g/mol. The minimum Gasteiger partial charge on any atom is -0.493 e. The molecule has 0 spiro atoms. The molecule has 8 heteroatoms. The second-order valence-corrected chi connectivity index (χ2v) is 7.80. The van der Waals surface area contributed by atoms with Crippen LogP contribution in [0.5, 0.6) is 5.75 Å². The third kappa shape index (κ3) is 3.33. The number of aryl methyl sites for hydroxylation is 1. The number of ether oxygens (including phenoxy) is 1. The van der Waals surface area contributed by atoms with Gasteiger partial charge in [0, 0.05) is 43.0 Å². The van der Waals surface area contributed by atoms with Crippen LogP contribution in [0.4, 0.5) is 17.3 Å². The molecule has 0 saturated carbocycles. The summed E-state index contributed by atoms with van der Waals surface area (Å²) < 4.78 is 5.96. The van der Waals surface area contributed by atoms with Crippen LogP contribution < -0.4 is 20.3 Å². The van der Waals surface area contributed by atoms with E-state index >= 15 is 0 Å². The van der Waals surface area contributed by atoms with Gasteiger partial charge in [-0.3, -0.25) is 9.59 Å². The number of aromatic nitrogens is 2. The van der Waals surface area contributed by atoms with E-state index in [9.17, 15) is 9.59 Å². The lowest BCUT2D eigenvalue weighted by Crippen LogP contribution is -2.20. The number of benzene rings is 1. The Kier molecular flexibility index (Phi) is 4.97. The Morgan fingerprint density at radius 3 is 2.81 bits per heavy atom. The Morgan fingerprint density at radius 1 is 1.09 bits per heavy atom. The zero-order chi connectivity index (χ0) is 22.2. The molecule has 8 nitrogen and oxygen atoms in total. The summed E-state index contributed by atoms with van der Waals surface area (Å²) in [4.78, 5) is 35.9. The molecule has 4 heterocycles. The van der Waals surface area contributed by atoms with Crippen molar-refractivity contribution in [1.29, 1.82) is 0 Å². The molecule has 162 valence electrons. The number of pyridine rings is 2. The van der Waals surface area contributed by atoms with Crippen LogP contribution in [-0.2, 0) is 13.0 Å². The summed E-state index contributed by atoms with van der Waals surface area (Å²) in [5.74, 6) is 1.73. The highest BCUT2D eigenvalue weighted by atomic mass is 16.5. The first-order valence-corrected chi connectivity index (χ1v) is 10.6. The summed E-state index contributed by atoms with van der Waals surface area (Å²) in [6, 6.07) is 9.23. The standard InChI is InChI=1S/C24H23N5O3/c1-3-29-21-17(24(31)28-20-14(2)7-9-25-22(20)29)11-15(12-26-21)8-10-32-19-6-4-5-16-18(19)13-27-23(16)30/h4-7,9,11-12H,3,8,10,13H2,1-2H3,(H,27,30)(H,28,31). The third-order valence-corrected chi connectivity index (χ3v) is 5.83. The van der Waals surface area contributed by atoms with E-state index in [4.69, 9.17) is 4.74 Å². The van der Waals surface area contributed by atoms with Gasteiger partial charge in [0.2, 0.25) is 0 Å². The van der Waals surface area contributed by atoms with Gasteiger partial charge in [-0.25, -0.2) is 9.97 Å². The highest BCUT2D eigenvalue weighted by molar-refractivity contribution is 6.11. The summed E-state index contributed by atoms with van der Waals surface area (Å²) in [5.41, 5.74) is 4.62. The van der Waals surface area contributed by atoms with Crippen molar-refractivity contribution in [3.8, 4) is 5.75 Å². The summed E-state index contributed by atoms with van der Waals surface area (Å²) in [7, 11) is 0. The van der Waals surface area contributed by atoms with Crippen molar-refractivity contribution in [2.45, 2.75) is 26.8 Å². The van der Waals surface area contributed by atoms with Crippen molar-refractivity contribution in [2.24, 2.45) is 0 Å². The van der Waals surface area contributed by atoms with Gasteiger partial charge >= 0.3 is 0 Å². The van der Waals surface area contributed by atoms with E-state index in [-0.39, 0.29) is 11.8 Å². The first-order valence-electron chi connectivity index (χ1n) is 10.6. The monoisotopic (exact) mass is 429 g/mol. The van der Waals surface area contributed by atoms with Crippen molar-refractivity contribution in [3.05, 3.63) is 70.5 Å². The quantitative estimate of drug-likeness (QED) is 0.646. The maximum absolute atomic E-state index is 13.0. The Hall–Kier alpha value is -3.94. The van der Waals surface area contributed by atoms with Gasteiger partial charge in [0.15, 0.2) is 5.82 Å². The van der Waals surface area contributed by atoms with Gasteiger partial charge in [-0.1, -0.05) is 6.07 Å². The van der Waals surface area contributed by atoms with Crippen LogP contribution in [0.3, 0.4) is 0 Å². The molecule has 0 atom stereocenters. The summed E-state index contributed by atoms with van der Waals surface area (Å²) in [6.45, 7) is 5.47. The topological polar surface area (TPSA) is 96.5 Å². The van der Waals surface area contributed by atoms with Crippen LogP contribution in [0.25, 0.3) is 0 Å². The fourth-order valence-corrected chi connectivity index (χ4v) is 4.14. The minimum atomic E-state index is -0.200. The number of carbonyl (C=O) groups excluding carboxylic acids is 2. The number of carbonyl (C=O) groups is 2. The lowest BCUT2D eigenvalue weighted by Gasteiger charge is -2.22. The van der Waals surface area contributed by atoms with E-state index in [0.29, 0.717) is 60.3 Å². The maximum Gasteiger partial charge on any atom is 0.259 e. The molecule has 1 aromatic carbocycles. The Balaban J connectivity index is 1.37. The summed E-state index contributed by atoms with van der Waals surface area (Å²) in [5, 5.41) is 5.82. The van der Waals surface area contributed by atoms with Gasteiger partial charge in [0.05, 0.1) is 17.9 Å². The van der Waals surface area contributed by atoms with Crippen LogP contribution >= 0.6 is 0 Å². The Bertz CT molecular complexity index is 1240. The first-order chi connectivity index (χ1) is 15.6. The van der Waals surface area contributed by atoms with E-state index in [2.05, 4.69) is 20.6 Å². The normalized spacial score (nSPS) is 14.1. The summed E-state index contributed by atoms with van der Waals surface area (Å²) in [6.07, 6.45) is 4.09. The van der Waals surface area contributed by atoms with Crippen LogP contribution in [0.2, 0.25) is 0 Å². The molecule has 2 aliphatic rings. The molecule has 32 heavy (non-hydrogen) atoms. The fourth-order valence-electron chi connectivity index (χ4n) is 4.14. The van der Waals surface area contributed by atoms with Crippen LogP contribution in [0.15, 0.2) is 42.7 Å². The molecule has 0 bridgehead atoms. The molecule has 2 N–H and O–H groups in total. The zero-order valence-corrected chi connectivity index (χ0v) is 17.9. The largest absolute Gasteiger partial charge is 0.493 e. The van der Waals surface area contributed by atoms with E-state index in [1.165, 1.54) is 0 Å². The van der Waals surface area contributed by atoms with E-state index in [0.717, 1.165) is 16.7 Å². The van der Waals surface area contributed by atoms with Gasteiger partial charge in [0.1, 0.15) is 11.6 Å². The van der Waals surface area contributed by atoms with Crippen molar-refractivity contribution >= 4 is 29.1 Å². The molecule has 0 aliphatic carbocycles. The van der Waals surface area contributed by atoms with E-state index in [1.807, 2.05) is 43.0 Å². The Morgan fingerprint density at radius 2 is 1.97 bits per heavy atom. The third-order valence-electron chi connectivity index (χ3n) is 5.83. The molecule has 0 radical (unpaired) electrons. The van der Waals surface area contributed by atoms with E-state index in [1.54, 1.807) is 18.5 Å². The molecular weight excluding hydrogens is 406 g/mol. The molecule has 2 amide bonds. The molecule has 2 aromatic heterocycles. The van der Waals surface area contributed by atoms with Gasteiger partial charge in [-0.15, -0.1) is 0 Å². The number of anilines is 3. The maximum atomic E-state index is 13.0. The van der Waals surface area contributed by atoms with Crippen LogP contribution in [0.1, 0.15) is 44.3 Å². The second-order valence-electron chi connectivity index (χ2n) is 7.80. The van der Waals surface area contributed by atoms with Crippen molar-refractivity contribution in [1.82, 2.24) is 15.3 Å². The highest BCUT2D eigenvalue weighted by Gasteiger charge is 2.28. The molecule has 0 fully saturated rings. The molecule has 5 rings (SSSR count). The second kappa shape index (κ2) is 7.96. The van der Waals surface area contributed by atoms with Crippen molar-refractivity contribution in [3.63, 3.8) is 0 Å². The van der Waals surface area contributed by atoms with Gasteiger partial charge in [-0.2, -0.15) is 0 Å².